The average Bonchev–Trinajstić information content (AvgIpc) is 2.91. The molecular weight excluding hydrogens is 328 g/mol. The Bertz CT molecular complexity index is 553. The van der Waals surface area contributed by atoms with E-state index in [0.717, 1.165) is 10.0 Å². The molecule has 2 aromatic rings. The van der Waals surface area contributed by atoms with E-state index in [9.17, 15) is 9.90 Å². The van der Waals surface area contributed by atoms with Gasteiger partial charge in [0.05, 0.1) is 6.54 Å². The third kappa shape index (κ3) is 3.62. The van der Waals surface area contributed by atoms with Gasteiger partial charge in [0.2, 0.25) is 0 Å². The van der Waals surface area contributed by atoms with Crippen molar-refractivity contribution >= 4 is 33.2 Å². The quantitative estimate of drug-likeness (QED) is 0.898. The standard InChI is InChI=1S/C13H13BrN2O2S/c1-13(18,9-4-5-19-7-9)8-16-12(17)11-3-2-10(14)6-15-11/h2-7,18H,8H2,1H3,(H,16,17). The van der Waals surface area contributed by atoms with Gasteiger partial charge in [0.25, 0.3) is 5.91 Å². The molecule has 2 aromatic heterocycles. The molecule has 2 heterocycles. The molecule has 2 N–H and O–H groups in total. The molecule has 0 aromatic carbocycles. The van der Waals surface area contributed by atoms with E-state index in [1.54, 1.807) is 25.3 Å². The van der Waals surface area contributed by atoms with Crippen molar-refractivity contribution in [1.82, 2.24) is 10.3 Å². The summed E-state index contributed by atoms with van der Waals surface area (Å²) in [5.74, 6) is -0.303. The molecule has 1 unspecified atom stereocenters. The van der Waals surface area contributed by atoms with Gasteiger partial charge < -0.3 is 10.4 Å². The Morgan fingerprint density at radius 1 is 1.53 bits per heavy atom. The van der Waals surface area contributed by atoms with Crippen LogP contribution in [-0.4, -0.2) is 22.5 Å². The van der Waals surface area contributed by atoms with Crippen molar-refractivity contribution in [2.24, 2.45) is 0 Å². The van der Waals surface area contributed by atoms with Gasteiger partial charge in [0.15, 0.2) is 0 Å². The fraction of sp³-hybridized carbons (Fsp3) is 0.231. The van der Waals surface area contributed by atoms with E-state index in [1.807, 2.05) is 16.8 Å². The van der Waals surface area contributed by atoms with Crippen molar-refractivity contribution in [2.45, 2.75) is 12.5 Å². The van der Waals surface area contributed by atoms with Crippen LogP contribution in [0.2, 0.25) is 0 Å². The van der Waals surface area contributed by atoms with Gasteiger partial charge in [-0.05, 0) is 57.4 Å². The summed E-state index contributed by atoms with van der Waals surface area (Å²) >= 11 is 4.77. The SMILES string of the molecule is CC(O)(CNC(=O)c1ccc(Br)cn1)c1ccsc1. The third-order valence-electron chi connectivity index (χ3n) is 2.70. The molecule has 0 aliphatic heterocycles. The molecule has 0 spiro atoms. The van der Waals surface area contributed by atoms with Crippen molar-refractivity contribution in [2.75, 3.05) is 6.54 Å². The second-order valence-corrected chi connectivity index (χ2v) is 6.03. The van der Waals surface area contributed by atoms with Crippen molar-refractivity contribution in [1.29, 1.82) is 0 Å². The number of rotatable bonds is 4. The Morgan fingerprint density at radius 3 is 2.89 bits per heavy atom. The summed E-state index contributed by atoms with van der Waals surface area (Å²) < 4.78 is 0.814. The fourth-order valence-electron chi connectivity index (χ4n) is 1.53. The molecule has 19 heavy (non-hydrogen) atoms. The lowest BCUT2D eigenvalue weighted by molar-refractivity contribution is 0.0528. The molecule has 0 saturated heterocycles. The number of nitrogens with zero attached hydrogens (tertiary/aromatic N) is 1. The second kappa shape index (κ2) is 5.81. The number of aliphatic hydroxyl groups is 1. The average molecular weight is 341 g/mol. The van der Waals surface area contributed by atoms with Crippen LogP contribution < -0.4 is 5.32 Å². The van der Waals surface area contributed by atoms with Gasteiger partial charge in [0.1, 0.15) is 11.3 Å². The van der Waals surface area contributed by atoms with Gasteiger partial charge >= 0.3 is 0 Å². The van der Waals surface area contributed by atoms with Gasteiger partial charge in [-0.1, -0.05) is 0 Å². The Balaban J connectivity index is 1.99. The van der Waals surface area contributed by atoms with Crippen LogP contribution in [0.5, 0.6) is 0 Å². The lowest BCUT2D eigenvalue weighted by Crippen LogP contribution is -2.38. The summed E-state index contributed by atoms with van der Waals surface area (Å²) in [6.07, 6.45) is 1.56. The van der Waals surface area contributed by atoms with Crippen LogP contribution in [0.1, 0.15) is 23.0 Å². The zero-order valence-corrected chi connectivity index (χ0v) is 12.7. The highest BCUT2D eigenvalue weighted by Crippen LogP contribution is 2.22. The summed E-state index contributed by atoms with van der Waals surface area (Å²) in [4.78, 5) is 15.9. The highest BCUT2D eigenvalue weighted by molar-refractivity contribution is 9.10. The number of thiophene rings is 1. The number of amides is 1. The van der Waals surface area contributed by atoms with E-state index in [4.69, 9.17) is 0 Å². The number of carbonyl (C=O) groups is 1. The summed E-state index contributed by atoms with van der Waals surface area (Å²) in [5.41, 5.74) is 0.0382. The normalized spacial score (nSPS) is 13.8. The van der Waals surface area contributed by atoms with Crippen molar-refractivity contribution in [3.8, 4) is 0 Å². The molecule has 4 nitrogen and oxygen atoms in total. The minimum absolute atomic E-state index is 0.139. The Hall–Kier alpha value is -1.24. The molecule has 1 amide bonds. The Morgan fingerprint density at radius 2 is 2.32 bits per heavy atom. The van der Waals surface area contributed by atoms with Crippen LogP contribution in [0.3, 0.4) is 0 Å². The lowest BCUT2D eigenvalue weighted by Gasteiger charge is -2.22. The smallest absolute Gasteiger partial charge is 0.269 e. The van der Waals surface area contributed by atoms with Gasteiger partial charge in [-0.25, -0.2) is 4.98 Å². The molecule has 0 saturated carbocycles. The van der Waals surface area contributed by atoms with Crippen LogP contribution in [0, 0.1) is 0 Å². The van der Waals surface area contributed by atoms with E-state index in [-0.39, 0.29) is 12.5 Å². The maximum atomic E-state index is 11.9. The number of nitrogens with one attached hydrogen (secondary N) is 1. The lowest BCUT2D eigenvalue weighted by atomic mass is 9.99. The minimum atomic E-state index is -1.08. The largest absolute Gasteiger partial charge is 0.384 e. The van der Waals surface area contributed by atoms with E-state index < -0.39 is 5.60 Å². The Labute approximate surface area is 123 Å². The van der Waals surface area contributed by atoms with E-state index in [1.165, 1.54) is 11.3 Å². The first-order valence-electron chi connectivity index (χ1n) is 5.64. The van der Waals surface area contributed by atoms with Crippen LogP contribution in [0.15, 0.2) is 39.6 Å². The zero-order chi connectivity index (χ0) is 13.9. The molecule has 0 bridgehead atoms. The maximum absolute atomic E-state index is 11.9. The van der Waals surface area contributed by atoms with Gasteiger partial charge in [0, 0.05) is 10.7 Å². The topological polar surface area (TPSA) is 62.2 Å². The van der Waals surface area contributed by atoms with E-state index in [2.05, 4.69) is 26.2 Å². The maximum Gasteiger partial charge on any atom is 0.269 e. The summed E-state index contributed by atoms with van der Waals surface area (Å²) in [5, 5.41) is 16.7. The molecule has 0 fully saturated rings. The number of hydrogen-bond acceptors (Lipinski definition) is 4. The van der Waals surface area contributed by atoms with E-state index in [0.29, 0.717) is 5.69 Å². The third-order valence-corrected chi connectivity index (χ3v) is 3.85. The minimum Gasteiger partial charge on any atom is -0.384 e. The van der Waals surface area contributed by atoms with Gasteiger partial charge in [-0.15, -0.1) is 0 Å². The molecule has 2 rings (SSSR count). The summed E-state index contributed by atoms with van der Waals surface area (Å²) in [6.45, 7) is 1.81. The zero-order valence-electron chi connectivity index (χ0n) is 10.3. The van der Waals surface area contributed by atoms with Crippen LogP contribution >= 0.6 is 27.3 Å². The van der Waals surface area contributed by atoms with Crippen molar-refractivity contribution in [3.05, 3.63) is 50.9 Å². The number of hydrogen-bond donors (Lipinski definition) is 2. The fourth-order valence-corrected chi connectivity index (χ4v) is 2.54. The molecule has 0 aliphatic carbocycles. The first-order valence-corrected chi connectivity index (χ1v) is 7.37. The van der Waals surface area contributed by atoms with Gasteiger partial charge in [-0.2, -0.15) is 11.3 Å². The van der Waals surface area contributed by atoms with Crippen LogP contribution in [-0.2, 0) is 5.60 Å². The number of carbonyl (C=O) groups excluding carboxylic acids is 1. The second-order valence-electron chi connectivity index (χ2n) is 4.33. The van der Waals surface area contributed by atoms with E-state index >= 15 is 0 Å². The molecule has 100 valence electrons. The summed E-state index contributed by atoms with van der Waals surface area (Å²) in [7, 11) is 0. The molecule has 0 aliphatic rings. The highest BCUT2D eigenvalue weighted by Gasteiger charge is 2.24. The predicted molar refractivity (Wildman–Crippen MR) is 78.2 cm³/mol. The highest BCUT2D eigenvalue weighted by atomic mass is 79.9. The Kier molecular flexibility index (Phi) is 4.34. The van der Waals surface area contributed by atoms with Gasteiger partial charge in [-0.3, -0.25) is 4.79 Å². The predicted octanol–water partition coefficient (Wildman–Crippen LogP) is 2.54. The first-order chi connectivity index (χ1) is 8.99. The van der Waals surface area contributed by atoms with Crippen molar-refractivity contribution in [3.63, 3.8) is 0 Å². The number of halogens is 1. The van der Waals surface area contributed by atoms with Crippen LogP contribution in [0.4, 0.5) is 0 Å². The number of aromatic nitrogens is 1. The molecule has 1 atom stereocenters. The summed E-state index contributed by atoms with van der Waals surface area (Å²) in [6, 6.07) is 5.21. The molecule has 0 radical (unpaired) electrons. The molecular formula is C13H13BrN2O2S. The molecule has 6 heteroatoms. The number of pyridine rings is 1. The first kappa shape index (κ1) is 14.2. The van der Waals surface area contributed by atoms with Crippen molar-refractivity contribution < 1.29 is 9.90 Å². The monoisotopic (exact) mass is 340 g/mol. The van der Waals surface area contributed by atoms with Crippen LogP contribution in [0.25, 0.3) is 0 Å².